The van der Waals surface area contributed by atoms with Gasteiger partial charge in [0, 0.05) is 17.5 Å². The van der Waals surface area contributed by atoms with Gasteiger partial charge in [-0.05, 0) is 30.7 Å². The lowest BCUT2D eigenvalue weighted by Crippen LogP contribution is -1.93. The van der Waals surface area contributed by atoms with Crippen LogP contribution < -0.4 is 0 Å². The fourth-order valence-electron chi connectivity index (χ4n) is 1.85. The molecule has 2 heterocycles. The molecule has 0 bridgehead atoms. The van der Waals surface area contributed by atoms with Crippen molar-refractivity contribution in [3.63, 3.8) is 0 Å². The number of rotatable bonds is 2. The average Bonchev–Trinajstić information content (AvgIpc) is 3.02. The first-order chi connectivity index (χ1) is 7.31. The second-order valence-electron chi connectivity index (χ2n) is 4.14. The maximum Gasteiger partial charge on any atom is 0.0850 e. The molecule has 1 aliphatic heterocycles. The molecule has 0 spiro atoms. The molecule has 1 saturated heterocycles. The smallest absolute Gasteiger partial charge is 0.0850 e. The largest absolute Gasteiger partial charge is 0.373 e. The number of ether oxygens (including phenoxy) is 1. The van der Waals surface area contributed by atoms with E-state index in [0.717, 1.165) is 24.2 Å². The molecule has 0 saturated carbocycles. The van der Waals surface area contributed by atoms with Crippen LogP contribution in [0.3, 0.4) is 0 Å². The van der Waals surface area contributed by atoms with E-state index >= 15 is 0 Å². The van der Waals surface area contributed by atoms with E-state index in [1.807, 2.05) is 6.92 Å². The Morgan fingerprint density at radius 1 is 1.33 bits per heavy atom. The van der Waals surface area contributed by atoms with Crippen molar-refractivity contribution >= 4 is 10.9 Å². The lowest BCUT2D eigenvalue weighted by atomic mass is 10.1. The first-order valence-corrected chi connectivity index (χ1v) is 5.29. The topological polar surface area (TPSA) is 25.4 Å². The van der Waals surface area contributed by atoms with E-state index in [1.165, 1.54) is 10.9 Å². The van der Waals surface area contributed by atoms with Gasteiger partial charge in [0.25, 0.3) is 0 Å². The number of hydrogen-bond acceptors (Lipinski definition) is 2. The summed E-state index contributed by atoms with van der Waals surface area (Å²) in [5, 5.41) is 1.22. The van der Waals surface area contributed by atoms with Crippen molar-refractivity contribution in [1.29, 1.82) is 0 Å². The third-order valence-corrected chi connectivity index (χ3v) is 2.76. The quantitative estimate of drug-likeness (QED) is 0.694. The first-order valence-electron chi connectivity index (χ1n) is 5.29. The average molecular weight is 199 g/mol. The minimum absolute atomic E-state index is 0.459. The predicted octanol–water partition coefficient (Wildman–Crippen LogP) is 2.48. The van der Waals surface area contributed by atoms with E-state index in [0.29, 0.717) is 6.10 Å². The van der Waals surface area contributed by atoms with Crippen molar-refractivity contribution in [1.82, 2.24) is 4.98 Å². The van der Waals surface area contributed by atoms with Crippen molar-refractivity contribution in [3.05, 3.63) is 41.6 Å². The summed E-state index contributed by atoms with van der Waals surface area (Å²) in [4.78, 5) is 4.48. The maximum atomic E-state index is 5.23. The molecule has 2 aromatic rings. The molecule has 1 fully saturated rings. The Balaban J connectivity index is 2.01. The molecule has 0 amide bonds. The Kier molecular flexibility index (Phi) is 1.96. The minimum Gasteiger partial charge on any atom is -0.373 e. The van der Waals surface area contributed by atoms with Crippen LogP contribution in [0.25, 0.3) is 10.9 Å². The van der Waals surface area contributed by atoms with Crippen molar-refractivity contribution in [2.75, 3.05) is 6.61 Å². The summed E-state index contributed by atoms with van der Waals surface area (Å²) in [5.41, 5.74) is 3.49. The van der Waals surface area contributed by atoms with Crippen molar-refractivity contribution in [2.45, 2.75) is 19.4 Å². The van der Waals surface area contributed by atoms with Gasteiger partial charge in [-0.25, -0.2) is 0 Å². The Morgan fingerprint density at radius 3 is 3.00 bits per heavy atom. The van der Waals surface area contributed by atoms with Crippen LogP contribution in [0, 0.1) is 6.92 Å². The Morgan fingerprint density at radius 2 is 2.20 bits per heavy atom. The molecule has 1 aromatic carbocycles. The number of benzene rings is 1. The summed E-state index contributed by atoms with van der Waals surface area (Å²) < 4.78 is 5.23. The highest BCUT2D eigenvalue weighted by atomic mass is 16.6. The molecule has 0 aliphatic carbocycles. The number of pyridine rings is 1. The normalized spacial score (nSPS) is 19.4. The second-order valence-corrected chi connectivity index (χ2v) is 4.14. The van der Waals surface area contributed by atoms with Crippen LogP contribution in [-0.2, 0) is 11.2 Å². The Bertz CT molecular complexity index is 503. The molecule has 0 radical (unpaired) electrons. The summed E-state index contributed by atoms with van der Waals surface area (Å²) in [6.45, 7) is 2.94. The molecule has 15 heavy (non-hydrogen) atoms. The lowest BCUT2D eigenvalue weighted by molar-refractivity contribution is 0.407. The maximum absolute atomic E-state index is 5.23. The molecule has 2 nitrogen and oxygen atoms in total. The molecule has 1 aliphatic rings. The van der Waals surface area contributed by atoms with Crippen LogP contribution in [0.15, 0.2) is 30.3 Å². The molecule has 2 heteroatoms. The van der Waals surface area contributed by atoms with Crippen molar-refractivity contribution in [3.8, 4) is 0 Å². The van der Waals surface area contributed by atoms with Crippen LogP contribution >= 0.6 is 0 Å². The highest BCUT2D eigenvalue weighted by Gasteiger charge is 2.22. The van der Waals surface area contributed by atoms with E-state index in [1.54, 1.807) is 0 Å². The zero-order valence-electron chi connectivity index (χ0n) is 8.73. The number of hydrogen-bond donors (Lipinski definition) is 0. The fourth-order valence-corrected chi connectivity index (χ4v) is 1.85. The molecule has 1 unspecified atom stereocenters. The van der Waals surface area contributed by atoms with E-state index in [4.69, 9.17) is 4.74 Å². The van der Waals surface area contributed by atoms with Crippen LogP contribution in [-0.4, -0.2) is 17.7 Å². The fraction of sp³-hybridized carbons (Fsp3) is 0.308. The summed E-state index contributed by atoms with van der Waals surface area (Å²) in [6, 6.07) is 10.6. The van der Waals surface area contributed by atoms with E-state index in [2.05, 4.69) is 35.3 Å². The third-order valence-electron chi connectivity index (χ3n) is 2.76. The van der Waals surface area contributed by atoms with Gasteiger partial charge in [-0.1, -0.05) is 12.1 Å². The van der Waals surface area contributed by atoms with E-state index in [9.17, 15) is 0 Å². The Hall–Kier alpha value is -1.41. The zero-order valence-corrected chi connectivity index (χ0v) is 8.73. The number of nitrogens with zero attached hydrogens (tertiary/aromatic N) is 1. The number of aromatic nitrogens is 1. The van der Waals surface area contributed by atoms with Gasteiger partial charge < -0.3 is 4.74 Å². The molecule has 3 rings (SSSR count). The van der Waals surface area contributed by atoms with E-state index in [-0.39, 0.29) is 0 Å². The highest BCUT2D eigenvalue weighted by Crippen LogP contribution is 2.20. The predicted molar refractivity (Wildman–Crippen MR) is 59.9 cm³/mol. The monoisotopic (exact) mass is 199 g/mol. The molecular weight excluding hydrogens is 186 g/mol. The van der Waals surface area contributed by atoms with Gasteiger partial charge in [0.15, 0.2) is 0 Å². The second kappa shape index (κ2) is 3.31. The summed E-state index contributed by atoms with van der Waals surface area (Å²) in [7, 11) is 0. The summed E-state index contributed by atoms with van der Waals surface area (Å²) in [5.74, 6) is 0. The van der Waals surface area contributed by atoms with Crippen LogP contribution in [0.2, 0.25) is 0 Å². The molecule has 76 valence electrons. The number of epoxide rings is 1. The Labute approximate surface area is 88.9 Å². The first kappa shape index (κ1) is 8.86. The van der Waals surface area contributed by atoms with Crippen molar-refractivity contribution in [2.24, 2.45) is 0 Å². The van der Waals surface area contributed by atoms with Gasteiger partial charge in [-0.2, -0.15) is 0 Å². The highest BCUT2D eigenvalue weighted by molar-refractivity contribution is 5.79. The van der Waals surface area contributed by atoms with Crippen LogP contribution in [0.5, 0.6) is 0 Å². The van der Waals surface area contributed by atoms with Gasteiger partial charge in [0.1, 0.15) is 0 Å². The molecule has 1 aromatic heterocycles. The summed E-state index contributed by atoms with van der Waals surface area (Å²) in [6.07, 6.45) is 1.49. The van der Waals surface area contributed by atoms with Gasteiger partial charge in [0.2, 0.25) is 0 Å². The van der Waals surface area contributed by atoms with Gasteiger partial charge in [0.05, 0.1) is 18.2 Å². The third kappa shape index (κ3) is 1.85. The molecular formula is C13H13NO. The number of aryl methyl sites for hydroxylation is 1. The zero-order chi connectivity index (χ0) is 10.3. The van der Waals surface area contributed by atoms with Gasteiger partial charge in [-0.15, -0.1) is 0 Å². The minimum atomic E-state index is 0.459. The van der Waals surface area contributed by atoms with Gasteiger partial charge in [-0.3, -0.25) is 4.98 Å². The van der Waals surface area contributed by atoms with E-state index < -0.39 is 0 Å². The van der Waals surface area contributed by atoms with Gasteiger partial charge >= 0.3 is 0 Å². The lowest BCUT2D eigenvalue weighted by Gasteiger charge is -2.02. The SMILES string of the molecule is Cc1ccc2cc(CC3CO3)ccc2n1. The standard InChI is InChI=1S/C13H13NO/c1-9-2-4-11-6-10(7-12-8-15-12)3-5-13(11)14-9/h2-6,12H,7-8H2,1H3. The summed E-state index contributed by atoms with van der Waals surface area (Å²) >= 11 is 0. The van der Waals surface area contributed by atoms with Crippen molar-refractivity contribution < 1.29 is 4.74 Å². The number of fused-ring (bicyclic) bond motifs is 1. The molecule has 0 N–H and O–H groups in total. The van der Waals surface area contributed by atoms with Crippen LogP contribution in [0.4, 0.5) is 0 Å². The molecule has 1 atom stereocenters. The van der Waals surface area contributed by atoms with Crippen LogP contribution in [0.1, 0.15) is 11.3 Å².